The fourth-order valence-electron chi connectivity index (χ4n) is 2.39. The quantitative estimate of drug-likeness (QED) is 0.292. The van der Waals surface area contributed by atoms with Gasteiger partial charge in [-0.1, -0.05) is 32.9 Å². The van der Waals surface area contributed by atoms with Gasteiger partial charge in [-0.2, -0.15) is 0 Å². The maximum absolute atomic E-state index is 12.7. The van der Waals surface area contributed by atoms with E-state index in [0.29, 0.717) is 13.2 Å². The number of hydrogen-bond donors (Lipinski definition) is 2. The molecule has 118 valence electrons. The first-order valence-corrected chi connectivity index (χ1v) is 7.21. The SMILES string of the molecule is CCC(CC)N(CCOC)C(=O)C(C(N)=NO)C(C)C. The molecule has 0 aliphatic rings. The van der Waals surface area contributed by atoms with Gasteiger partial charge in [0.2, 0.25) is 5.91 Å². The molecular weight excluding hydrogens is 258 g/mol. The van der Waals surface area contributed by atoms with E-state index in [1.54, 1.807) is 12.0 Å². The molecule has 1 unspecified atom stereocenters. The van der Waals surface area contributed by atoms with Crippen LogP contribution >= 0.6 is 0 Å². The molecular formula is C14H29N3O3. The van der Waals surface area contributed by atoms with Crippen molar-refractivity contribution in [3.8, 4) is 0 Å². The topological polar surface area (TPSA) is 88.2 Å². The number of methoxy groups -OCH3 is 1. The summed E-state index contributed by atoms with van der Waals surface area (Å²) >= 11 is 0. The molecule has 0 spiro atoms. The van der Waals surface area contributed by atoms with Crippen LogP contribution in [0.1, 0.15) is 40.5 Å². The second-order valence-corrected chi connectivity index (χ2v) is 5.24. The molecule has 0 fully saturated rings. The number of carbonyl (C=O) groups is 1. The van der Waals surface area contributed by atoms with Gasteiger partial charge in [-0.05, 0) is 18.8 Å². The normalized spacial score (nSPS) is 13.8. The van der Waals surface area contributed by atoms with Gasteiger partial charge in [0.15, 0.2) is 5.84 Å². The van der Waals surface area contributed by atoms with Crippen LogP contribution in [0.15, 0.2) is 5.16 Å². The van der Waals surface area contributed by atoms with E-state index in [0.717, 1.165) is 12.8 Å². The molecule has 0 heterocycles. The molecule has 0 aromatic carbocycles. The van der Waals surface area contributed by atoms with Gasteiger partial charge >= 0.3 is 0 Å². The predicted octanol–water partition coefficient (Wildman–Crippen LogP) is 1.67. The predicted molar refractivity (Wildman–Crippen MR) is 79.7 cm³/mol. The maximum Gasteiger partial charge on any atom is 0.233 e. The lowest BCUT2D eigenvalue weighted by atomic mass is 9.92. The molecule has 0 saturated carbocycles. The molecule has 0 bridgehead atoms. The third kappa shape index (κ3) is 5.00. The first-order valence-electron chi connectivity index (χ1n) is 7.21. The molecule has 0 rings (SSSR count). The van der Waals surface area contributed by atoms with Crippen LogP contribution in [0.3, 0.4) is 0 Å². The highest BCUT2D eigenvalue weighted by molar-refractivity contribution is 6.02. The smallest absolute Gasteiger partial charge is 0.233 e. The summed E-state index contributed by atoms with van der Waals surface area (Å²) in [6.07, 6.45) is 1.74. The molecule has 0 aliphatic carbocycles. The molecule has 0 aliphatic heterocycles. The van der Waals surface area contributed by atoms with E-state index in [9.17, 15) is 4.79 Å². The zero-order chi connectivity index (χ0) is 15.7. The van der Waals surface area contributed by atoms with Crippen molar-refractivity contribution in [2.24, 2.45) is 22.7 Å². The third-order valence-corrected chi connectivity index (χ3v) is 3.57. The van der Waals surface area contributed by atoms with E-state index in [1.807, 2.05) is 13.8 Å². The highest BCUT2D eigenvalue weighted by atomic mass is 16.5. The van der Waals surface area contributed by atoms with Gasteiger partial charge in [-0.25, -0.2) is 0 Å². The Labute approximate surface area is 122 Å². The minimum absolute atomic E-state index is 0.0293. The van der Waals surface area contributed by atoms with E-state index in [2.05, 4.69) is 19.0 Å². The summed E-state index contributed by atoms with van der Waals surface area (Å²) in [5, 5.41) is 11.9. The highest BCUT2D eigenvalue weighted by Gasteiger charge is 2.33. The minimum atomic E-state index is -0.600. The highest BCUT2D eigenvalue weighted by Crippen LogP contribution is 2.19. The van der Waals surface area contributed by atoms with E-state index in [1.165, 1.54) is 0 Å². The Morgan fingerprint density at radius 2 is 1.90 bits per heavy atom. The summed E-state index contributed by atoms with van der Waals surface area (Å²) in [6, 6.07) is 0.144. The molecule has 1 atom stereocenters. The van der Waals surface area contributed by atoms with Crippen molar-refractivity contribution in [3.63, 3.8) is 0 Å². The number of nitrogens with two attached hydrogens (primary N) is 1. The molecule has 20 heavy (non-hydrogen) atoms. The fraction of sp³-hybridized carbons (Fsp3) is 0.857. The fourth-order valence-corrected chi connectivity index (χ4v) is 2.39. The van der Waals surface area contributed by atoms with E-state index in [4.69, 9.17) is 15.7 Å². The number of carbonyl (C=O) groups excluding carboxylic acids is 1. The summed E-state index contributed by atoms with van der Waals surface area (Å²) < 4.78 is 5.08. The Hall–Kier alpha value is -1.30. The largest absolute Gasteiger partial charge is 0.409 e. The van der Waals surface area contributed by atoms with Gasteiger partial charge < -0.3 is 20.6 Å². The van der Waals surface area contributed by atoms with E-state index >= 15 is 0 Å². The molecule has 0 aromatic rings. The third-order valence-electron chi connectivity index (χ3n) is 3.57. The van der Waals surface area contributed by atoms with Crippen LogP contribution in [0.5, 0.6) is 0 Å². The van der Waals surface area contributed by atoms with E-state index in [-0.39, 0.29) is 23.7 Å². The Kier molecular flexibility index (Phi) is 8.96. The van der Waals surface area contributed by atoms with Gasteiger partial charge in [0.1, 0.15) is 5.92 Å². The number of ether oxygens (including phenoxy) is 1. The average molecular weight is 287 g/mol. The number of nitrogens with zero attached hydrogens (tertiary/aromatic N) is 2. The van der Waals surface area contributed by atoms with Gasteiger partial charge in [-0.15, -0.1) is 0 Å². The molecule has 0 radical (unpaired) electrons. The minimum Gasteiger partial charge on any atom is -0.409 e. The number of amides is 1. The number of oxime groups is 1. The number of amidine groups is 1. The molecule has 3 N–H and O–H groups in total. The van der Waals surface area contributed by atoms with Gasteiger partial charge in [0, 0.05) is 19.7 Å². The Morgan fingerprint density at radius 1 is 1.35 bits per heavy atom. The first-order chi connectivity index (χ1) is 9.44. The first kappa shape index (κ1) is 18.7. The summed E-state index contributed by atoms with van der Waals surface area (Å²) in [5.41, 5.74) is 5.69. The summed E-state index contributed by atoms with van der Waals surface area (Å²) in [5.74, 6) is -0.755. The number of rotatable bonds is 9. The Bertz CT molecular complexity index is 315. The molecule has 0 saturated heterocycles. The van der Waals surface area contributed by atoms with Crippen molar-refractivity contribution in [2.45, 2.75) is 46.6 Å². The van der Waals surface area contributed by atoms with Crippen LogP contribution in [0.4, 0.5) is 0 Å². The van der Waals surface area contributed by atoms with Crippen LogP contribution in [-0.4, -0.2) is 48.2 Å². The van der Waals surface area contributed by atoms with Crippen molar-refractivity contribution < 1.29 is 14.7 Å². The summed E-state index contributed by atoms with van der Waals surface area (Å²) in [7, 11) is 1.61. The van der Waals surface area contributed by atoms with Crippen LogP contribution in [0.2, 0.25) is 0 Å². The zero-order valence-electron chi connectivity index (χ0n) is 13.3. The lowest BCUT2D eigenvalue weighted by Gasteiger charge is -2.34. The number of hydrogen-bond acceptors (Lipinski definition) is 4. The van der Waals surface area contributed by atoms with Crippen molar-refractivity contribution in [1.82, 2.24) is 4.90 Å². The second kappa shape index (κ2) is 9.58. The molecule has 6 nitrogen and oxygen atoms in total. The van der Waals surface area contributed by atoms with Crippen LogP contribution in [-0.2, 0) is 9.53 Å². The average Bonchev–Trinajstić information content (AvgIpc) is 2.42. The van der Waals surface area contributed by atoms with Crippen molar-refractivity contribution >= 4 is 11.7 Å². The van der Waals surface area contributed by atoms with Gasteiger partial charge in [0.25, 0.3) is 0 Å². The maximum atomic E-state index is 12.7. The van der Waals surface area contributed by atoms with Gasteiger partial charge in [0.05, 0.1) is 6.61 Å². The Morgan fingerprint density at radius 3 is 2.25 bits per heavy atom. The van der Waals surface area contributed by atoms with Crippen LogP contribution < -0.4 is 5.73 Å². The lowest BCUT2D eigenvalue weighted by Crippen LogP contribution is -2.49. The van der Waals surface area contributed by atoms with Crippen LogP contribution in [0, 0.1) is 11.8 Å². The van der Waals surface area contributed by atoms with Crippen molar-refractivity contribution in [1.29, 1.82) is 0 Å². The van der Waals surface area contributed by atoms with E-state index < -0.39 is 5.92 Å². The second-order valence-electron chi connectivity index (χ2n) is 5.24. The Balaban J connectivity index is 5.25. The standard InChI is InChI=1S/C14H29N3O3/c1-6-11(7-2)17(8-9-20-5)14(18)12(10(3)4)13(15)16-19/h10-12,19H,6-9H2,1-5H3,(H2,15,16). The van der Waals surface area contributed by atoms with Crippen molar-refractivity contribution in [3.05, 3.63) is 0 Å². The molecule has 0 aromatic heterocycles. The zero-order valence-corrected chi connectivity index (χ0v) is 13.3. The lowest BCUT2D eigenvalue weighted by molar-refractivity contribution is -0.137. The summed E-state index contributed by atoms with van der Waals surface area (Å²) in [4.78, 5) is 14.5. The van der Waals surface area contributed by atoms with Crippen LogP contribution in [0.25, 0.3) is 0 Å². The van der Waals surface area contributed by atoms with Gasteiger partial charge in [-0.3, -0.25) is 4.79 Å². The summed E-state index contributed by atoms with van der Waals surface area (Å²) in [6.45, 7) is 8.88. The van der Waals surface area contributed by atoms with Crippen molar-refractivity contribution in [2.75, 3.05) is 20.3 Å². The monoisotopic (exact) mass is 287 g/mol. The molecule has 1 amide bonds. The molecule has 6 heteroatoms.